The molecule has 1 aromatic heterocycles. The minimum atomic E-state index is -0.0523. The number of aromatic nitrogens is 2. The van der Waals surface area contributed by atoms with Gasteiger partial charge < -0.3 is 14.6 Å². The summed E-state index contributed by atoms with van der Waals surface area (Å²) in [5, 5.41) is 6.15. The van der Waals surface area contributed by atoms with Crippen molar-refractivity contribution in [2.45, 2.75) is 19.0 Å². The minimum Gasteiger partial charge on any atom is -0.378 e. The fourth-order valence-corrected chi connectivity index (χ4v) is 2.49. The molecule has 0 radical (unpaired) electrons. The lowest BCUT2D eigenvalue weighted by atomic mass is 10.2. The zero-order valence-electron chi connectivity index (χ0n) is 12.4. The number of nitrogens with one attached hydrogen (secondary N) is 2. The number of hydrogen-bond donors (Lipinski definition) is 2. The van der Waals surface area contributed by atoms with Crippen molar-refractivity contribution in [3.05, 3.63) is 48.3 Å². The largest absolute Gasteiger partial charge is 0.378 e. The van der Waals surface area contributed by atoms with Gasteiger partial charge in [0, 0.05) is 31.4 Å². The van der Waals surface area contributed by atoms with Crippen LogP contribution in [0.4, 0.5) is 5.95 Å². The zero-order valence-corrected chi connectivity index (χ0v) is 12.4. The van der Waals surface area contributed by atoms with E-state index in [0.717, 1.165) is 6.54 Å². The molecule has 3 rings (SSSR count). The van der Waals surface area contributed by atoms with Crippen LogP contribution in [0.3, 0.4) is 0 Å². The predicted octanol–water partition coefficient (Wildman–Crippen LogP) is 1.25. The molecule has 2 heterocycles. The average Bonchev–Trinajstić information content (AvgIpc) is 2.96. The maximum Gasteiger partial charge on any atom is 0.228 e. The highest BCUT2D eigenvalue weighted by Gasteiger charge is 2.18. The second-order valence-electron chi connectivity index (χ2n) is 5.34. The highest BCUT2D eigenvalue weighted by Crippen LogP contribution is 2.10. The molecular weight excluding hydrogens is 280 g/mol. The van der Waals surface area contributed by atoms with Crippen molar-refractivity contribution < 1.29 is 9.53 Å². The molecular formula is C16H20N4O2. The molecule has 116 valence electrons. The SMILES string of the molecule is O=C(CC1COCCN1)Nc1nccn1Cc1ccccc1. The van der Waals surface area contributed by atoms with Crippen molar-refractivity contribution >= 4 is 11.9 Å². The van der Waals surface area contributed by atoms with Crippen LogP contribution >= 0.6 is 0 Å². The van der Waals surface area contributed by atoms with Crippen LogP contribution in [0.2, 0.25) is 0 Å². The number of rotatable bonds is 5. The van der Waals surface area contributed by atoms with E-state index in [1.165, 1.54) is 5.56 Å². The molecule has 1 amide bonds. The molecule has 1 aliphatic rings. The Morgan fingerprint density at radius 3 is 3.05 bits per heavy atom. The summed E-state index contributed by atoms with van der Waals surface area (Å²) in [6.07, 6.45) is 3.95. The van der Waals surface area contributed by atoms with Gasteiger partial charge in [0.05, 0.1) is 19.8 Å². The summed E-state index contributed by atoms with van der Waals surface area (Å²) in [4.78, 5) is 16.3. The van der Waals surface area contributed by atoms with E-state index >= 15 is 0 Å². The second kappa shape index (κ2) is 7.20. The molecule has 0 bridgehead atoms. The number of ether oxygens (including phenoxy) is 1. The zero-order chi connectivity index (χ0) is 15.2. The Morgan fingerprint density at radius 1 is 1.41 bits per heavy atom. The van der Waals surface area contributed by atoms with E-state index in [4.69, 9.17) is 4.74 Å². The van der Waals surface area contributed by atoms with Gasteiger partial charge in [-0.15, -0.1) is 0 Å². The van der Waals surface area contributed by atoms with Crippen LogP contribution in [-0.4, -0.2) is 41.3 Å². The van der Waals surface area contributed by atoms with Crippen LogP contribution in [0.5, 0.6) is 0 Å². The molecule has 1 aromatic carbocycles. The van der Waals surface area contributed by atoms with E-state index in [1.54, 1.807) is 6.20 Å². The van der Waals surface area contributed by atoms with Gasteiger partial charge in [-0.1, -0.05) is 30.3 Å². The first-order valence-corrected chi connectivity index (χ1v) is 7.47. The number of carbonyl (C=O) groups is 1. The van der Waals surface area contributed by atoms with Crippen LogP contribution in [0, 0.1) is 0 Å². The van der Waals surface area contributed by atoms with Gasteiger partial charge in [-0.05, 0) is 5.56 Å². The van der Waals surface area contributed by atoms with E-state index in [9.17, 15) is 4.79 Å². The first-order valence-electron chi connectivity index (χ1n) is 7.47. The van der Waals surface area contributed by atoms with Crippen LogP contribution in [0.1, 0.15) is 12.0 Å². The van der Waals surface area contributed by atoms with Gasteiger partial charge >= 0.3 is 0 Å². The molecule has 0 saturated carbocycles. The normalized spacial score (nSPS) is 18.1. The fourth-order valence-electron chi connectivity index (χ4n) is 2.49. The molecule has 2 N–H and O–H groups in total. The third-order valence-electron chi connectivity index (χ3n) is 3.59. The quantitative estimate of drug-likeness (QED) is 0.872. The third kappa shape index (κ3) is 3.93. The van der Waals surface area contributed by atoms with E-state index in [-0.39, 0.29) is 11.9 Å². The number of carbonyl (C=O) groups excluding carboxylic acids is 1. The lowest BCUT2D eigenvalue weighted by Gasteiger charge is -2.23. The Balaban J connectivity index is 1.58. The van der Waals surface area contributed by atoms with E-state index < -0.39 is 0 Å². The fraction of sp³-hybridized carbons (Fsp3) is 0.375. The topological polar surface area (TPSA) is 68.2 Å². The Labute approximate surface area is 129 Å². The minimum absolute atomic E-state index is 0.0523. The van der Waals surface area contributed by atoms with Gasteiger partial charge in [0.25, 0.3) is 0 Å². The van der Waals surface area contributed by atoms with Crippen LogP contribution in [-0.2, 0) is 16.1 Å². The van der Waals surface area contributed by atoms with Gasteiger partial charge in [-0.2, -0.15) is 0 Å². The monoisotopic (exact) mass is 300 g/mol. The van der Waals surface area contributed by atoms with Gasteiger partial charge in [0.15, 0.2) is 0 Å². The predicted molar refractivity (Wildman–Crippen MR) is 83.6 cm³/mol. The van der Waals surface area contributed by atoms with Crippen molar-refractivity contribution in [3.8, 4) is 0 Å². The summed E-state index contributed by atoms with van der Waals surface area (Å²) in [5.41, 5.74) is 1.17. The van der Waals surface area contributed by atoms with Gasteiger partial charge in [0.2, 0.25) is 11.9 Å². The number of nitrogens with zero attached hydrogens (tertiary/aromatic N) is 2. The lowest BCUT2D eigenvalue weighted by molar-refractivity contribution is -0.117. The number of imidazole rings is 1. The summed E-state index contributed by atoms with van der Waals surface area (Å²) in [7, 11) is 0. The molecule has 22 heavy (non-hydrogen) atoms. The van der Waals surface area contributed by atoms with Crippen molar-refractivity contribution in [1.29, 1.82) is 0 Å². The maximum absolute atomic E-state index is 12.1. The maximum atomic E-state index is 12.1. The Bertz CT molecular complexity index is 606. The van der Waals surface area contributed by atoms with Crippen molar-refractivity contribution in [1.82, 2.24) is 14.9 Å². The molecule has 1 saturated heterocycles. The standard InChI is InChI=1S/C16H20N4O2/c21-15(10-14-12-22-9-7-17-14)19-16-18-6-8-20(16)11-13-4-2-1-3-5-13/h1-6,8,14,17H,7,9-12H2,(H,18,19,21). The van der Waals surface area contributed by atoms with Gasteiger partial charge in [-0.3, -0.25) is 10.1 Å². The molecule has 1 aliphatic heterocycles. The molecule has 6 nitrogen and oxygen atoms in total. The Kier molecular flexibility index (Phi) is 4.82. The highest BCUT2D eigenvalue weighted by molar-refractivity contribution is 5.89. The van der Waals surface area contributed by atoms with Crippen molar-refractivity contribution in [2.24, 2.45) is 0 Å². The first-order chi connectivity index (χ1) is 10.8. The molecule has 1 fully saturated rings. The van der Waals surface area contributed by atoms with Gasteiger partial charge in [0.1, 0.15) is 0 Å². The summed E-state index contributed by atoms with van der Waals surface area (Å²) in [5.74, 6) is 0.522. The van der Waals surface area contributed by atoms with Crippen LogP contribution in [0.25, 0.3) is 0 Å². The Morgan fingerprint density at radius 2 is 2.27 bits per heavy atom. The molecule has 6 heteroatoms. The van der Waals surface area contributed by atoms with Crippen LogP contribution in [0.15, 0.2) is 42.7 Å². The number of hydrogen-bond acceptors (Lipinski definition) is 4. The number of benzene rings is 1. The highest BCUT2D eigenvalue weighted by atomic mass is 16.5. The summed E-state index contributed by atoms with van der Waals surface area (Å²) < 4.78 is 7.29. The second-order valence-corrected chi connectivity index (χ2v) is 5.34. The van der Waals surface area contributed by atoms with Crippen molar-refractivity contribution in [2.75, 3.05) is 25.1 Å². The summed E-state index contributed by atoms with van der Waals surface area (Å²) in [6, 6.07) is 10.2. The molecule has 1 atom stereocenters. The van der Waals surface area contributed by atoms with Gasteiger partial charge in [-0.25, -0.2) is 4.98 Å². The van der Waals surface area contributed by atoms with Crippen LogP contribution < -0.4 is 10.6 Å². The Hall–Kier alpha value is -2.18. The number of morpholine rings is 1. The van der Waals surface area contributed by atoms with E-state index in [1.807, 2.05) is 29.0 Å². The number of anilines is 1. The third-order valence-corrected chi connectivity index (χ3v) is 3.59. The number of amides is 1. The molecule has 2 aromatic rings. The molecule has 1 unspecified atom stereocenters. The van der Waals surface area contributed by atoms with Crippen molar-refractivity contribution in [3.63, 3.8) is 0 Å². The average molecular weight is 300 g/mol. The summed E-state index contributed by atoms with van der Waals surface area (Å²) in [6.45, 7) is 2.76. The molecule has 0 spiro atoms. The lowest BCUT2D eigenvalue weighted by Crippen LogP contribution is -2.43. The smallest absolute Gasteiger partial charge is 0.228 e. The first kappa shape index (κ1) is 14.7. The summed E-state index contributed by atoms with van der Waals surface area (Å²) >= 11 is 0. The van der Waals surface area contributed by atoms with E-state index in [0.29, 0.717) is 32.1 Å². The molecule has 0 aliphatic carbocycles. The van der Waals surface area contributed by atoms with E-state index in [2.05, 4.69) is 27.8 Å².